The zero-order chi connectivity index (χ0) is 20.7. The summed E-state index contributed by atoms with van der Waals surface area (Å²) in [5, 5.41) is 23.6. The van der Waals surface area contributed by atoms with Crippen LogP contribution in [0.1, 0.15) is 42.6 Å². The third-order valence-electron chi connectivity index (χ3n) is 6.58. The van der Waals surface area contributed by atoms with Gasteiger partial charge in [0.1, 0.15) is 17.2 Å². The third kappa shape index (κ3) is 3.69. The van der Waals surface area contributed by atoms with Crippen molar-refractivity contribution in [1.29, 1.82) is 0 Å². The van der Waals surface area contributed by atoms with Gasteiger partial charge in [0, 0.05) is 31.6 Å². The summed E-state index contributed by atoms with van der Waals surface area (Å²) in [5.41, 5.74) is 1.04. The molecule has 0 radical (unpaired) electrons. The van der Waals surface area contributed by atoms with Crippen molar-refractivity contribution in [2.24, 2.45) is 0 Å². The van der Waals surface area contributed by atoms with E-state index in [9.17, 15) is 14.6 Å². The number of β-amino-alcohol motifs (C(OH)–C–C–N with tert-alkyl or cyclic N) is 1. The Labute approximate surface area is 175 Å². The molecule has 1 spiro atoms. The maximum Gasteiger partial charge on any atom is 0.126 e. The minimum absolute atomic E-state index is 0.357. The first-order valence-electron chi connectivity index (χ1n) is 10.6. The summed E-state index contributed by atoms with van der Waals surface area (Å²) in [5.74, 6) is 0.227. The van der Waals surface area contributed by atoms with Gasteiger partial charge in [-0.25, -0.2) is 4.39 Å². The highest BCUT2D eigenvalue weighted by Crippen LogP contribution is 2.44. The van der Waals surface area contributed by atoms with Gasteiger partial charge in [0.15, 0.2) is 0 Å². The minimum Gasteiger partial charge on any atom is -0.487 e. The van der Waals surface area contributed by atoms with Crippen molar-refractivity contribution in [3.05, 3.63) is 77.6 Å². The Balaban J connectivity index is 1.24. The molecule has 5 heteroatoms. The molecule has 156 valence electrons. The molecular weight excluding hydrogens is 381 g/mol. The molecule has 2 atom stereocenters. The number of hydrogen-bond donors (Lipinski definition) is 2. The summed E-state index contributed by atoms with van der Waals surface area (Å²) < 4.78 is 19.8. The zero-order valence-electron chi connectivity index (χ0n) is 16.8. The molecule has 0 amide bonds. The van der Waals surface area contributed by atoms with Crippen LogP contribution in [0.15, 0.2) is 60.7 Å². The molecule has 2 N–H and O–H groups in total. The monoisotopic (exact) mass is 407 g/mol. The number of aliphatic hydroxyl groups excluding tert-OH is 2. The van der Waals surface area contributed by atoms with Crippen molar-refractivity contribution < 1.29 is 19.3 Å². The highest BCUT2D eigenvalue weighted by Gasteiger charge is 2.43. The van der Waals surface area contributed by atoms with Gasteiger partial charge in [0.05, 0.1) is 12.2 Å². The fraction of sp³-hybridized carbons (Fsp3) is 0.360. The van der Waals surface area contributed by atoms with Gasteiger partial charge >= 0.3 is 0 Å². The second kappa shape index (κ2) is 7.65. The van der Waals surface area contributed by atoms with E-state index in [0.717, 1.165) is 36.9 Å². The van der Waals surface area contributed by atoms with E-state index in [1.165, 1.54) is 17.5 Å². The summed E-state index contributed by atoms with van der Waals surface area (Å²) in [7, 11) is 0. The molecule has 2 aliphatic rings. The molecule has 3 aromatic rings. The number of aliphatic hydroxyl groups is 2. The average molecular weight is 407 g/mol. The van der Waals surface area contributed by atoms with Crippen LogP contribution in [0, 0.1) is 5.82 Å². The summed E-state index contributed by atoms with van der Waals surface area (Å²) in [4.78, 5) is 2.25. The van der Waals surface area contributed by atoms with Gasteiger partial charge in [-0.3, -0.25) is 0 Å². The molecule has 30 heavy (non-hydrogen) atoms. The average Bonchev–Trinajstić information content (AvgIpc) is 2.76. The lowest BCUT2D eigenvalue weighted by Crippen LogP contribution is -2.51. The van der Waals surface area contributed by atoms with Crippen LogP contribution in [0.4, 0.5) is 4.39 Å². The maximum absolute atomic E-state index is 13.5. The first kappa shape index (κ1) is 19.5. The Morgan fingerprint density at radius 1 is 1.03 bits per heavy atom. The second-order valence-corrected chi connectivity index (χ2v) is 8.61. The summed E-state index contributed by atoms with van der Waals surface area (Å²) >= 11 is 0. The first-order chi connectivity index (χ1) is 14.5. The molecule has 1 fully saturated rings. The predicted molar refractivity (Wildman–Crippen MR) is 114 cm³/mol. The molecule has 0 aliphatic carbocycles. The number of piperidine rings is 1. The van der Waals surface area contributed by atoms with Crippen LogP contribution < -0.4 is 4.74 Å². The lowest BCUT2D eigenvalue weighted by molar-refractivity contribution is -0.0589. The smallest absolute Gasteiger partial charge is 0.126 e. The Morgan fingerprint density at radius 3 is 2.60 bits per heavy atom. The second-order valence-electron chi connectivity index (χ2n) is 8.61. The van der Waals surface area contributed by atoms with E-state index >= 15 is 0 Å². The summed E-state index contributed by atoms with van der Waals surface area (Å²) in [6.45, 7) is 2.14. The van der Waals surface area contributed by atoms with Gasteiger partial charge < -0.3 is 19.8 Å². The van der Waals surface area contributed by atoms with Gasteiger partial charge in [-0.1, -0.05) is 36.4 Å². The molecule has 1 saturated heterocycles. The van der Waals surface area contributed by atoms with E-state index < -0.39 is 17.8 Å². The van der Waals surface area contributed by atoms with E-state index in [0.29, 0.717) is 24.3 Å². The topological polar surface area (TPSA) is 52.9 Å². The van der Waals surface area contributed by atoms with Gasteiger partial charge in [0.25, 0.3) is 0 Å². The van der Waals surface area contributed by atoms with Gasteiger partial charge in [-0.15, -0.1) is 0 Å². The SMILES string of the molecule is O[C@@H]1CC2(CCN(C[C@H](O)c3ccc4ccccc4c3)CC2)Oc2ccc(F)cc21. The molecule has 5 rings (SSSR count). The quantitative estimate of drug-likeness (QED) is 0.677. The Hall–Kier alpha value is -2.47. The Morgan fingerprint density at radius 2 is 1.80 bits per heavy atom. The maximum atomic E-state index is 13.5. The molecule has 2 aliphatic heterocycles. The number of fused-ring (bicyclic) bond motifs is 2. The van der Waals surface area contributed by atoms with E-state index in [4.69, 9.17) is 4.74 Å². The van der Waals surface area contributed by atoms with Crippen molar-refractivity contribution in [2.75, 3.05) is 19.6 Å². The van der Waals surface area contributed by atoms with Crippen molar-refractivity contribution in [3.8, 4) is 5.75 Å². The zero-order valence-corrected chi connectivity index (χ0v) is 16.8. The summed E-state index contributed by atoms with van der Waals surface area (Å²) in [6.07, 6.45) is 0.755. The fourth-order valence-electron chi connectivity index (χ4n) is 4.82. The number of rotatable bonds is 3. The normalized spacial score (nSPS) is 21.9. The van der Waals surface area contributed by atoms with Gasteiger partial charge in [-0.2, -0.15) is 0 Å². The number of hydrogen-bond acceptors (Lipinski definition) is 4. The van der Waals surface area contributed by atoms with Crippen LogP contribution in [0.25, 0.3) is 10.8 Å². The van der Waals surface area contributed by atoms with Crippen LogP contribution in [0.5, 0.6) is 5.75 Å². The van der Waals surface area contributed by atoms with E-state index in [1.807, 2.05) is 18.2 Å². The molecule has 2 heterocycles. The fourth-order valence-corrected chi connectivity index (χ4v) is 4.82. The highest BCUT2D eigenvalue weighted by atomic mass is 19.1. The van der Waals surface area contributed by atoms with Crippen molar-refractivity contribution in [3.63, 3.8) is 0 Å². The molecular formula is C25H26FNO3. The van der Waals surface area contributed by atoms with Crippen LogP contribution in [0.2, 0.25) is 0 Å². The molecule has 3 aromatic carbocycles. The number of nitrogens with zero attached hydrogens (tertiary/aromatic N) is 1. The largest absolute Gasteiger partial charge is 0.487 e. The minimum atomic E-state index is -0.709. The van der Waals surface area contributed by atoms with E-state index in [1.54, 1.807) is 6.07 Å². The third-order valence-corrected chi connectivity index (χ3v) is 6.58. The lowest BCUT2D eigenvalue weighted by Gasteiger charge is -2.46. The molecule has 0 bridgehead atoms. The molecule has 0 saturated carbocycles. The molecule has 0 unspecified atom stereocenters. The molecule has 4 nitrogen and oxygen atoms in total. The Kier molecular flexibility index (Phi) is 4.97. The van der Waals surface area contributed by atoms with Crippen LogP contribution in [0.3, 0.4) is 0 Å². The van der Waals surface area contributed by atoms with Crippen molar-refractivity contribution in [1.82, 2.24) is 4.90 Å². The van der Waals surface area contributed by atoms with Crippen LogP contribution >= 0.6 is 0 Å². The van der Waals surface area contributed by atoms with Crippen molar-refractivity contribution >= 4 is 10.8 Å². The molecule has 0 aromatic heterocycles. The standard InChI is InChI=1S/C25H26FNO3/c26-20-7-8-24-21(14-20)22(28)15-25(30-24)9-11-27(12-10-25)16-23(29)19-6-5-17-3-1-2-4-18(17)13-19/h1-8,13-14,22-23,28-29H,9-12,15-16H2/t22-,23+/m1/s1. The number of halogens is 1. The Bertz CT molecular complexity index is 1060. The number of ether oxygens (including phenoxy) is 1. The highest BCUT2D eigenvalue weighted by molar-refractivity contribution is 5.83. The van der Waals surface area contributed by atoms with Crippen molar-refractivity contribution in [2.45, 2.75) is 37.1 Å². The predicted octanol–water partition coefficient (Wildman–Crippen LogP) is 4.36. The summed E-state index contributed by atoms with van der Waals surface area (Å²) in [6, 6.07) is 18.6. The van der Waals surface area contributed by atoms with Gasteiger partial charge in [-0.05, 0) is 53.4 Å². The van der Waals surface area contributed by atoms with Crippen LogP contribution in [-0.2, 0) is 0 Å². The lowest BCUT2D eigenvalue weighted by atomic mass is 9.81. The van der Waals surface area contributed by atoms with Crippen LogP contribution in [-0.4, -0.2) is 40.3 Å². The number of benzene rings is 3. The number of likely N-dealkylation sites (tertiary alicyclic amines) is 1. The van der Waals surface area contributed by atoms with E-state index in [2.05, 4.69) is 29.2 Å². The van der Waals surface area contributed by atoms with Gasteiger partial charge in [0.2, 0.25) is 0 Å². The first-order valence-corrected chi connectivity index (χ1v) is 10.6. The van der Waals surface area contributed by atoms with E-state index in [-0.39, 0.29) is 5.82 Å².